The van der Waals surface area contributed by atoms with Crippen LogP contribution in [-0.2, 0) is 7.05 Å². The fourth-order valence-electron chi connectivity index (χ4n) is 0.764. The molecular weight excluding hydrogens is 146 g/mol. The van der Waals surface area contributed by atoms with Crippen molar-refractivity contribution >= 4 is 0 Å². The summed E-state index contributed by atoms with van der Waals surface area (Å²) in [6, 6.07) is 0.934. The van der Waals surface area contributed by atoms with Crippen LogP contribution in [0.5, 0.6) is 0 Å². The first kappa shape index (κ1) is 7.71. The number of nitro groups is 1. The van der Waals surface area contributed by atoms with E-state index >= 15 is 0 Å². The lowest BCUT2D eigenvalue weighted by Gasteiger charge is -1.97. The van der Waals surface area contributed by atoms with Crippen LogP contribution in [0, 0.1) is 10.1 Å². The summed E-state index contributed by atoms with van der Waals surface area (Å²) < 4.78 is 1.55. The molecule has 1 rings (SSSR count). The third-order valence-electron chi connectivity index (χ3n) is 1.48. The van der Waals surface area contributed by atoms with E-state index in [0.29, 0.717) is 5.69 Å². The summed E-state index contributed by atoms with van der Waals surface area (Å²) in [7, 11) is 1.73. The van der Waals surface area contributed by atoms with Crippen LogP contribution in [0.25, 0.3) is 0 Å². The molecule has 1 heterocycles. The second-order valence-corrected chi connectivity index (χ2v) is 2.38. The maximum Gasteiger partial charge on any atom is 0.253 e. The van der Waals surface area contributed by atoms with E-state index in [1.54, 1.807) is 24.0 Å². The van der Waals surface area contributed by atoms with Crippen molar-refractivity contribution < 1.29 is 4.92 Å². The number of aryl methyl sites for hydroxylation is 1. The molecule has 11 heavy (non-hydrogen) atoms. The van der Waals surface area contributed by atoms with Crippen molar-refractivity contribution in [2.24, 2.45) is 7.05 Å². The molecule has 1 aromatic heterocycles. The smallest absolute Gasteiger partial charge is 0.253 e. The van der Waals surface area contributed by atoms with E-state index in [1.165, 1.54) is 6.92 Å². The highest BCUT2D eigenvalue weighted by molar-refractivity contribution is 5.01. The third-order valence-corrected chi connectivity index (χ3v) is 1.48. The summed E-state index contributed by atoms with van der Waals surface area (Å²) in [6.07, 6.45) is 1.69. The van der Waals surface area contributed by atoms with Gasteiger partial charge in [0, 0.05) is 25.1 Å². The standard InChI is InChI=1S/C6H9N3O2/c1-5(9(10)11)6-3-4-8(2)7-6/h3-5H,1-2H3. The third kappa shape index (κ3) is 1.54. The van der Waals surface area contributed by atoms with Crippen LogP contribution in [0.3, 0.4) is 0 Å². The quantitative estimate of drug-likeness (QED) is 0.468. The van der Waals surface area contributed by atoms with E-state index in [0.717, 1.165) is 0 Å². The topological polar surface area (TPSA) is 61.0 Å². The molecule has 0 radical (unpaired) electrons. The van der Waals surface area contributed by atoms with Gasteiger partial charge in [0.25, 0.3) is 6.04 Å². The molecule has 0 fully saturated rings. The monoisotopic (exact) mass is 155 g/mol. The Kier molecular flexibility index (Phi) is 1.89. The highest BCUT2D eigenvalue weighted by Gasteiger charge is 2.17. The second-order valence-electron chi connectivity index (χ2n) is 2.38. The molecule has 5 nitrogen and oxygen atoms in total. The van der Waals surface area contributed by atoms with Gasteiger partial charge in [0.15, 0.2) is 0 Å². The van der Waals surface area contributed by atoms with Crippen LogP contribution >= 0.6 is 0 Å². The molecule has 0 aliphatic heterocycles. The highest BCUT2D eigenvalue weighted by atomic mass is 16.6. The minimum absolute atomic E-state index is 0.359. The molecule has 0 bridgehead atoms. The van der Waals surface area contributed by atoms with Gasteiger partial charge < -0.3 is 0 Å². The molecule has 0 N–H and O–H groups in total. The lowest BCUT2D eigenvalue weighted by atomic mass is 10.3. The Labute approximate surface area is 63.8 Å². The number of aromatic nitrogens is 2. The van der Waals surface area contributed by atoms with Gasteiger partial charge in [-0.15, -0.1) is 0 Å². The minimum atomic E-state index is -0.712. The van der Waals surface area contributed by atoms with Crippen molar-refractivity contribution in [3.63, 3.8) is 0 Å². The Morgan fingerprint density at radius 3 is 2.82 bits per heavy atom. The lowest BCUT2D eigenvalue weighted by molar-refractivity contribution is -0.525. The normalized spacial score (nSPS) is 12.9. The van der Waals surface area contributed by atoms with E-state index in [9.17, 15) is 10.1 Å². The second kappa shape index (κ2) is 2.69. The van der Waals surface area contributed by atoms with Crippen molar-refractivity contribution in [1.29, 1.82) is 0 Å². The molecule has 1 unspecified atom stereocenters. The highest BCUT2D eigenvalue weighted by Crippen LogP contribution is 2.11. The minimum Gasteiger partial charge on any atom is -0.275 e. The molecule has 0 aliphatic carbocycles. The Morgan fingerprint density at radius 1 is 1.82 bits per heavy atom. The number of hydrogen-bond acceptors (Lipinski definition) is 3. The fourth-order valence-corrected chi connectivity index (χ4v) is 0.764. The van der Waals surface area contributed by atoms with Crippen LogP contribution in [0.15, 0.2) is 12.3 Å². The molecular formula is C6H9N3O2. The molecule has 1 atom stereocenters. The van der Waals surface area contributed by atoms with Gasteiger partial charge in [0.2, 0.25) is 0 Å². The van der Waals surface area contributed by atoms with Crippen molar-refractivity contribution in [2.45, 2.75) is 13.0 Å². The van der Waals surface area contributed by atoms with Gasteiger partial charge in [-0.25, -0.2) is 0 Å². The molecule has 5 heteroatoms. The zero-order chi connectivity index (χ0) is 8.43. The average Bonchev–Trinajstić information content (AvgIpc) is 2.34. The molecule has 1 aromatic rings. The molecule has 60 valence electrons. The van der Waals surface area contributed by atoms with E-state index < -0.39 is 6.04 Å². The van der Waals surface area contributed by atoms with Gasteiger partial charge in [-0.2, -0.15) is 5.10 Å². The van der Waals surface area contributed by atoms with Crippen molar-refractivity contribution in [2.75, 3.05) is 0 Å². The number of nitrogens with zero attached hydrogens (tertiary/aromatic N) is 3. The zero-order valence-corrected chi connectivity index (χ0v) is 6.39. The molecule has 0 aliphatic rings. The van der Waals surface area contributed by atoms with Crippen LogP contribution in [0.1, 0.15) is 18.7 Å². The predicted molar refractivity (Wildman–Crippen MR) is 38.6 cm³/mol. The number of rotatable bonds is 2. The van der Waals surface area contributed by atoms with Gasteiger partial charge in [-0.1, -0.05) is 0 Å². The van der Waals surface area contributed by atoms with Crippen molar-refractivity contribution in [3.8, 4) is 0 Å². The van der Waals surface area contributed by atoms with E-state index in [2.05, 4.69) is 5.10 Å². The van der Waals surface area contributed by atoms with Crippen LogP contribution < -0.4 is 0 Å². The van der Waals surface area contributed by atoms with Gasteiger partial charge in [-0.3, -0.25) is 14.8 Å². The Balaban J connectivity index is 2.84. The summed E-state index contributed by atoms with van der Waals surface area (Å²) >= 11 is 0. The first-order valence-corrected chi connectivity index (χ1v) is 3.24. The van der Waals surface area contributed by atoms with Crippen LogP contribution in [-0.4, -0.2) is 14.7 Å². The summed E-state index contributed by atoms with van der Waals surface area (Å²) in [5.74, 6) is 0. The fraction of sp³-hybridized carbons (Fsp3) is 0.500. The Hall–Kier alpha value is -1.39. The molecule has 0 saturated carbocycles. The Bertz CT molecular complexity index is 269. The molecule has 0 spiro atoms. The SMILES string of the molecule is CC(c1ccn(C)n1)[N+](=O)[O-]. The number of hydrogen-bond donors (Lipinski definition) is 0. The van der Waals surface area contributed by atoms with E-state index in [1.807, 2.05) is 0 Å². The average molecular weight is 155 g/mol. The largest absolute Gasteiger partial charge is 0.275 e. The van der Waals surface area contributed by atoms with Gasteiger partial charge in [0.1, 0.15) is 5.69 Å². The van der Waals surface area contributed by atoms with Crippen LogP contribution in [0.4, 0.5) is 0 Å². The summed E-state index contributed by atoms with van der Waals surface area (Å²) in [4.78, 5) is 9.91. The first-order valence-electron chi connectivity index (χ1n) is 3.24. The molecule has 0 aromatic carbocycles. The van der Waals surface area contributed by atoms with Gasteiger partial charge in [0.05, 0.1) is 0 Å². The molecule has 0 saturated heterocycles. The zero-order valence-electron chi connectivity index (χ0n) is 6.39. The maximum absolute atomic E-state index is 10.3. The van der Waals surface area contributed by atoms with Crippen LogP contribution in [0.2, 0.25) is 0 Å². The van der Waals surface area contributed by atoms with E-state index in [-0.39, 0.29) is 4.92 Å². The summed E-state index contributed by atoms with van der Waals surface area (Å²) in [5, 5.41) is 14.2. The summed E-state index contributed by atoms with van der Waals surface area (Å²) in [6.45, 7) is 1.52. The van der Waals surface area contributed by atoms with Crippen molar-refractivity contribution in [1.82, 2.24) is 9.78 Å². The Morgan fingerprint density at radius 2 is 2.45 bits per heavy atom. The van der Waals surface area contributed by atoms with Crippen molar-refractivity contribution in [3.05, 3.63) is 28.1 Å². The lowest BCUT2D eigenvalue weighted by Crippen LogP contribution is -2.07. The van der Waals surface area contributed by atoms with E-state index in [4.69, 9.17) is 0 Å². The maximum atomic E-state index is 10.3. The van der Waals surface area contributed by atoms with Gasteiger partial charge in [-0.05, 0) is 6.07 Å². The molecule has 0 amide bonds. The summed E-state index contributed by atoms with van der Waals surface area (Å²) in [5.41, 5.74) is 0.498. The van der Waals surface area contributed by atoms with Gasteiger partial charge >= 0.3 is 0 Å². The predicted octanol–water partition coefficient (Wildman–Crippen LogP) is 0.758. The first-order chi connectivity index (χ1) is 5.11.